The predicted molar refractivity (Wildman–Crippen MR) is 336 cm³/mol. The Morgan fingerprint density at radius 2 is 0.622 bits per heavy atom. The number of hydrogen-bond acceptors (Lipinski definition) is 6. The summed E-state index contributed by atoms with van der Waals surface area (Å²) in [7, 11) is 0. The molecule has 5 heterocycles. The van der Waals surface area contributed by atoms with Crippen molar-refractivity contribution < 1.29 is 5.48 Å². The Bertz CT molecular complexity index is 4960. The molecule has 8 nitrogen and oxygen atoms in total. The van der Waals surface area contributed by atoms with Crippen molar-refractivity contribution in [1.29, 1.82) is 0 Å². The van der Waals surface area contributed by atoms with Gasteiger partial charge in [0.1, 0.15) is 0 Å². The molecule has 82 heavy (non-hydrogen) atoms. The van der Waals surface area contributed by atoms with Gasteiger partial charge < -0.3 is 30.4 Å². The molecule has 17 rings (SSSR count). The van der Waals surface area contributed by atoms with E-state index in [0.29, 0.717) is 34.4 Å². The normalized spacial score (nSPS) is 11.7. The monoisotopic (exact) mass is 1060 g/mol. The van der Waals surface area contributed by atoms with Crippen molar-refractivity contribution in [2.75, 3.05) is 0 Å². The maximum atomic E-state index is 5.72. The minimum Gasteiger partial charge on any atom is -0.870 e. The molecule has 0 saturated carbocycles. The van der Waals surface area contributed by atoms with Crippen LogP contribution in [-0.2, 0) is 0 Å². The summed E-state index contributed by atoms with van der Waals surface area (Å²) in [5, 5.41) is 12.3. The Morgan fingerprint density at radius 1 is 0.256 bits per heavy atom. The summed E-state index contributed by atoms with van der Waals surface area (Å²) in [6.07, 6.45) is 0. The molecular formula is C73H42AlN7O. The van der Waals surface area contributed by atoms with Crippen molar-refractivity contribution in [2.24, 2.45) is 0 Å². The van der Waals surface area contributed by atoms with Crippen LogP contribution in [0.4, 0.5) is 0 Å². The fraction of sp³-hybridized carbons (Fsp3) is 0. The zero-order valence-corrected chi connectivity index (χ0v) is 45.0. The molecule has 0 aliphatic carbocycles. The van der Waals surface area contributed by atoms with Crippen LogP contribution >= 0.6 is 0 Å². The van der Waals surface area contributed by atoms with Crippen molar-refractivity contribution in [3.8, 4) is 89.9 Å². The van der Waals surface area contributed by atoms with Gasteiger partial charge >= 0.3 is 17.4 Å². The second kappa shape index (κ2) is 19.2. The molecule has 3 aromatic heterocycles. The number of rotatable bonds is 4. The van der Waals surface area contributed by atoms with Crippen molar-refractivity contribution in [2.45, 2.75) is 0 Å². The summed E-state index contributed by atoms with van der Waals surface area (Å²) >= 11 is 0. The van der Waals surface area contributed by atoms with Crippen LogP contribution in [0, 0.1) is 0 Å². The number of nitrogens with zero attached hydrogens (tertiary/aromatic N) is 7. The fourth-order valence-corrected chi connectivity index (χ4v) is 12.7. The third-order valence-electron chi connectivity index (χ3n) is 16.2. The molecule has 0 amide bonds. The van der Waals surface area contributed by atoms with Gasteiger partial charge in [-0.1, -0.05) is 218 Å². The standard InChI is InChI=1S/C73H41N7.Al.H2O/c1-5-21-42(22-6-1)60-50-33-17-14-30-47(50)38-55-64(60)59-41-58-54-37-46-29-13-18-34-51(46)61(43-23-7-2-8-24-43)65(54)71(74-58)77-69-56-39-48-31-15-20-36-53(48)63(45-27-11-4-12-28-45)67(56)73(78-69)80-70-57-40-49-32-16-19-35-52(49)62(44-25-9-3-10-26-44)66(57)72(79-70)76-68(55)75-59;;/h1-41H;;1H2/q-2;+3;/p-1. The molecule has 0 fully saturated rings. The second-order valence-electron chi connectivity index (χ2n) is 20.7. The number of fused-ring (bicyclic) bond motifs is 24. The van der Waals surface area contributed by atoms with Crippen LogP contribution in [0.5, 0.6) is 0 Å². The van der Waals surface area contributed by atoms with E-state index < -0.39 is 0 Å². The molecule has 0 radical (unpaired) electrons. The Labute approximate surface area is 480 Å². The van der Waals surface area contributed by atoms with E-state index in [2.05, 4.69) is 249 Å². The van der Waals surface area contributed by atoms with Crippen LogP contribution in [0.3, 0.4) is 0 Å². The van der Waals surface area contributed by atoms with E-state index in [1.807, 2.05) is 0 Å². The predicted octanol–water partition coefficient (Wildman–Crippen LogP) is 17.5. The van der Waals surface area contributed by atoms with Gasteiger partial charge in [-0.2, -0.15) is 0 Å². The first-order chi connectivity index (χ1) is 39.7. The topological polar surface area (TPSA) is 123 Å². The molecule has 0 spiro atoms. The van der Waals surface area contributed by atoms with E-state index in [1.165, 1.54) is 0 Å². The summed E-state index contributed by atoms with van der Waals surface area (Å²) in [6.45, 7) is 0. The molecular weight excluding hydrogens is 1020 g/mol. The molecule has 2 aliphatic heterocycles. The Kier molecular flexibility index (Phi) is 11.4. The SMILES string of the molecule is [Al+3].[OH-].c1ccc(-c2c3c(cc4ccccc24)-c2nc-3cc3[n-]c(nc4nc(nc5[n-]c(n2)c2c(-c6ccccc6)c6ccccc6cc52)-c2c-4cc4ccccc4c2-c2ccccc2)c2c(-c4ccccc4)c4ccccc4cc32)cc1. The van der Waals surface area contributed by atoms with Crippen molar-refractivity contribution in [3.05, 3.63) is 249 Å². The minimum atomic E-state index is 0. The average molecular weight is 1060 g/mol. The molecule has 0 unspecified atom stereocenters. The van der Waals surface area contributed by atoms with Gasteiger partial charge in [-0.25, -0.2) is 9.97 Å². The summed E-state index contributed by atoms with van der Waals surface area (Å²) in [5.41, 5.74) is 15.0. The third kappa shape index (κ3) is 7.46. The molecule has 378 valence electrons. The van der Waals surface area contributed by atoms with Gasteiger partial charge in [-0.15, -0.1) is 0 Å². The molecule has 8 bridgehead atoms. The first kappa shape index (κ1) is 48.7. The molecule has 15 aromatic rings. The zero-order chi connectivity index (χ0) is 52.4. The largest absolute Gasteiger partial charge is 3.00 e. The maximum absolute atomic E-state index is 5.72. The van der Waals surface area contributed by atoms with Gasteiger partial charge in [-0.05, 0) is 145 Å². The Hall–Kier alpha value is -10.4. The summed E-state index contributed by atoms with van der Waals surface area (Å²) < 4.78 is 0. The van der Waals surface area contributed by atoms with Crippen molar-refractivity contribution in [3.63, 3.8) is 0 Å². The molecule has 0 saturated heterocycles. The first-order valence-corrected chi connectivity index (χ1v) is 27.0. The Morgan fingerprint density at radius 3 is 1.13 bits per heavy atom. The van der Waals surface area contributed by atoms with Crippen LogP contribution in [0.1, 0.15) is 0 Å². The molecule has 12 aromatic carbocycles. The number of benzene rings is 12. The van der Waals surface area contributed by atoms with Crippen LogP contribution in [0.15, 0.2) is 249 Å². The van der Waals surface area contributed by atoms with Crippen molar-refractivity contribution >= 4 is 104 Å². The number of hydrogen-bond donors (Lipinski definition) is 0. The fourth-order valence-electron chi connectivity index (χ4n) is 12.7. The van der Waals surface area contributed by atoms with Gasteiger partial charge in [0.15, 0.2) is 0 Å². The summed E-state index contributed by atoms with van der Waals surface area (Å²) in [6, 6.07) is 87.8. The second-order valence-corrected chi connectivity index (χ2v) is 20.7. The van der Waals surface area contributed by atoms with Crippen molar-refractivity contribution in [1.82, 2.24) is 34.9 Å². The van der Waals surface area contributed by atoms with E-state index in [4.69, 9.17) is 34.9 Å². The van der Waals surface area contributed by atoms with Gasteiger partial charge in [0.25, 0.3) is 0 Å². The van der Waals surface area contributed by atoms with Crippen LogP contribution in [0.25, 0.3) is 177 Å². The average Bonchev–Trinajstić information content (AvgIpc) is 4.18. The zero-order valence-electron chi connectivity index (χ0n) is 43.8. The van der Waals surface area contributed by atoms with Gasteiger partial charge in [0.2, 0.25) is 0 Å². The smallest absolute Gasteiger partial charge is 0.870 e. The van der Waals surface area contributed by atoms with Crippen LogP contribution < -0.4 is 9.97 Å². The first-order valence-electron chi connectivity index (χ1n) is 27.0. The molecule has 1 N–H and O–H groups in total. The minimum absolute atomic E-state index is 0. The Balaban J connectivity index is 0.00000288. The molecule has 0 atom stereocenters. The molecule has 9 heteroatoms. The van der Waals surface area contributed by atoms with Crippen LogP contribution in [0.2, 0.25) is 0 Å². The van der Waals surface area contributed by atoms with E-state index in [9.17, 15) is 0 Å². The van der Waals surface area contributed by atoms with E-state index in [1.54, 1.807) is 0 Å². The summed E-state index contributed by atoms with van der Waals surface area (Å²) in [4.78, 5) is 39.7. The van der Waals surface area contributed by atoms with Gasteiger partial charge in [0, 0.05) is 38.9 Å². The maximum Gasteiger partial charge on any atom is 3.00 e. The van der Waals surface area contributed by atoms with E-state index in [0.717, 1.165) is 143 Å². The van der Waals surface area contributed by atoms with E-state index >= 15 is 0 Å². The molecule has 2 aliphatic rings. The summed E-state index contributed by atoms with van der Waals surface area (Å²) in [5.74, 6) is 1.57. The number of aromatic nitrogens is 7. The third-order valence-corrected chi connectivity index (χ3v) is 16.2. The quantitative estimate of drug-likeness (QED) is 0.160. The van der Waals surface area contributed by atoms with Gasteiger partial charge in [-0.3, -0.25) is 0 Å². The van der Waals surface area contributed by atoms with Crippen LogP contribution in [-0.4, -0.2) is 47.8 Å². The van der Waals surface area contributed by atoms with Gasteiger partial charge in [0.05, 0.1) is 23.2 Å². The van der Waals surface area contributed by atoms with E-state index in [-0.39, 0.29) is 22.8 Å².